The molecule has 6 nitrogen and oxygen atoms in total. The highest BCUT2D eigenvalue weighted by Gasteiger charge is 2.14. The molecule has 0 aliphatic rings. The Balaban J connectivity index is 2.32. The van der Waals surface area contributed by atoms with Crippen LogP contribution < -0.4 is 4.72 Å². The highest BCUT2D eigenvalue weighted by molar-refractivity contribution is 7.92. The van der Waals surface area contributed by atoms with Crippen LogP contribution in [0.3, 0.4) is 0 Å². The number of alkyl halides is 1. The van der Waals surface area contributed by atoms with Crippen molar-refractivity contribution in [2.75, 3.05) is 16.4 Å². The van der Waals surface area contributed by atoms with Gasteiger partial charge >= 0.3 is 0 Å². The van der Waals surface area contributed by atoms with Crippen molar-refractivity contribution in [3.05, 3.63) is 36.5 Å². The van der Waals surface area contributed by atoms with Crippen molar-refractivity contribution in [2.45, 2.75) is 13.3 Å². The van der Waals surface area contributed by atoms with Crippen LogP contribution in [0.5, 0.6) is 0 Å². The van der Waals surface area contributed by atoms with Gasteiger partial charge in [0.2, 0.25) is 10.0 Å². The summed E-state index contributed by atoms with van der Waals surface area (Å²) in [6.07, 6.45) is 5.37. The fourth-order valence-electron chi connectivity index (χ4n) is 1.73. The topological polar surface area (TPSA) is 76.9 Å². The van der Waals surface area contributed by atoms with E-state index in [0.29, 0.717) is 23.8 Å². The minimum atomic E-state index is -3.43. The van der Waals surface area contributed by atoms with Gasteiger partial charge in [0.05, 0.1) is 11.4 Å². The molecule has 108 valence electrons. The molecule has 0 bridgehead atoms. The van der Waals surface area contributed by atoms with Gasteiger partial charge < -0.3 is 0 Å². The second-order valence-electron chi connectivity index (χ2n) is 4.18. The van der Waals surface area contributed by atoms with Crippen LogP contribution >= 0.6 is 11.6 Å². The Labute approximate surface area is 122 Å². The first-order valence-electron chi connectivity index (χ1n) is 6.05. The molecule has 0 radical (unpaired) electrons. The van der Waals surface area contributed by atoms with Crippen LogP contribution in [0.15, 0.2) is 30.7 Å². The maximum atomic E-state index is 11.9. The number of nitrogens with one attached hydrogen (secondary N) is 1. The first-order chi connectivity index (χ1) is 9.53. The molecule has 1 N–H and O–H groups in total. The van der Waals surface area contributed by atoms with Crippen LogP contribution in [-0.2, 0) is 10.0 Å². The molecule has 0 amide bonds. The van der Waals surface area contributed by atoms with Crippen LogP contribution in [0, 0.1) is 6.92 Å². The Morgan fingerprint density at radius 3 is 2.80 bits per heavy atom. The molecular formula is C12H15ClN4O2S. The first-order valence-corrected chi connectivity index (χ1v) is 8.24. The van der Waals surface area contributed by atoms with E-state index in [1.165, 1.54) is 0 Å². The lowest BCUT2D eigenvalue weighted by atomic mass is 10.4. The lowest BCUT2D eigenvalue weighted by molar-refractivity contribution is 0.600. The van der Waals surface area contributed by atoms with E-state index in [9.17, 15) is 8.42 Å². The van der Waals surface area contributed by atoms with Crippen LogP contribution in [0.1, 0.15) is 12.2 Å². The maximum absolute atomic E-state index is 11.9. The summed E-state index contributed by atoms with van der Waals surface area (Å²) in [6, 6.07) is 3.34. The molecule has 8 heteroatoms. The number of nitrogens with zero attached hydrogens (tertiary/aromatic N) is 3. The molecule has 2 aromatic rings. The normalized spacial score (nSPS) is 11.5. The Bertz CT molecular complexity index is 684. The number of hydrogen-bond donors (Lipinski definition) is 1. The van der Waals surface area contributed by atoms with Crippen LogP contribution in [0.2, 0.25) is 0 Å². The van der Waals surface area contributed by atoms with Gasteiger partial charge in [-0.3, -0.25) is 9.29 Å². The van der Waals surface area contributed by atoms with E-state index in [0.717, 1.165) is 5.82 Å². The van der Waals surface area contributed by atoms with Crippen molar-refractivity contribution in [3.63, 3.8) is 0 Å². The van der Waals surface area contributed by atoms with E-state index in [4.69, 9.17) is 11.6 Å². The minimum absolute atomic E-state index is 0.0201. The van der Waals surface area contributed by atoms with Crippen molar-refractivity contribution < 1.29 is 8.42 Å². The van der Waals surface area contributed by atoms with E-state index in [1.807, 2.05) is 6.92 Å². The zero-order chi connectivity index (χ0) is 14.6. The fourth-order valence-corrected chi connectivity index (χ4v) is 3.15. The summed E-state index contributed by atoms with van der Waals surface area (Å²) in [6.45, 7) is 1.82. The summed E-state index contributed by atoms with van der Waals surface area (Å²) in [4.78, 5) is 8.32. The standard InChI is InChI=1S/C12H15ClN4O2S/c1-10-14-7-8-17(10)12-11(4-2-6-15-12)16-20(18,19)9-3-5-13/h2,4,6-8,16H,3,5,9H2,1H3. The highest BCUT2D eigenvalue weighted by Crippen LogP contribution is 2.19. The summed E-state index contributed by atoms with van der Waals surface area (Å²) in [7, 11) is -3.43. The zero-order valence-electron chi connectivity index (χ0n) is 11.0. The van der Waals surface area contributed by atoms with Crippen molar-refractivity contribution in [2.24, 2.45) is 0 Å². The average molecular weight is 315 g/mol. The zero-order valence-corrected chi connectivity index (χ0v) is 12.5. The fraction of sp³-hybridized carbons (Fsp3) is 0.333. The van der Waals surface area contributed by atoms with Gasteiger partial charge in [0, 0.05) is 24.5 Å². The Morgan fingerprint density at radius 2 is 2.15 bits per heavy atom. The third kappa shape index (κ3) is 3.49. The third-order valence-electron chi connectivity index (χ3n) is 2.65. The number of anilines is 1. The van der Waals surface area contributed by atoms with Crippen LogP contribution in [0.25, 0.3) is 5.82 Å². The molecule has 2 heterocycles. The number of hydrogen-bond acceptors (Lipinski definition) is 4. The number of aryl methyl sites for hydroxylation is 1. The quantitative estimate of drug-likeness (QED) is 0.827. The Hall–Kier alpha value is -1.60. The Kier molecular flexibility index (Phi) is 4.61. The van der Waals surface area contributed by atoms with E-state index >= 15 is 0 Å². The molecule has 20 heavy (non-hydrogen) atoms. The summed E-state index contributed by atoms with van der Waals surface area (Å²) in [5, 5.41) is 0. The third-order valence-corrected chi connectivity index (χ3v) is 4.28. The van der Waals surface area contributed by atoms with E-state index < -0.39 is 10.0 Å². The van der Waals surface area contributed by atoms with Crippen molar-refractivity contribution in [1.29, 1.82) is 0 Å². The molecule has 0 spiro atoms. The SMILES string of the molecule is Cc1nccn1-c1ncccc1NS(=O)(=O)CCCCl. The molecule has 0 aliphatic carbocycles. The molecule has 0 aromatic carbocycles. The summed E-state index contributed by atoms with van der Waals surface area (Å²) < 4.78 is 28.1. The van der Waals surface area contributed by atoms with Gasteiger partial charge in [0.1, 0.15) is 5.82 Å². The number of pyridine rings is 1. The number of sulfonamides is 1. The van der Waals surface area contributed by atoms with Gasteiger partial charge in [0.25, 0.3) is 0 Å². The second kappa shape index (κ2) is 6.23. The number of aromatic nitrogens is 3. The van der Waals surface area contributed by atoms with Gasteiger partial charge in [-0.25, -0.2) is 18.4 Å². The van der Waals surface area contributed by atoms with E-state index in [1.54, 1.807) is 35.3 Å². The van der Waals surface area contributed by atoms with Crippen LogP contribution in [-0.4, -0.2) is 34.6 Å². The van der Waals surface area contributed by atoms with Gasteiger partial charge in [-0.15, -0.1) is 11.6 Å². The molecule has 0 atom stereocenters. The minimum Gasteiger partial charge on any atom is -0.286 e. The number of rotatable bonds is 6. The van der Waals surface area contributed by atoms with Crippen LogP contribution in [0.4, 0.5) is 5.69 Å². The van der Waals surface area contributed by atoms with Gasteiger partial charge in [0.15, 0.2) is 5.82 Å². The number of imidazole rings is 1. The molecule has 0 saturated heterocycles. The molecule has 2 aromatic heterocycles. The lowest BCUT2D eigenvalue weighted by Crippen LogP contribution is -2.18. The van der Waals surface area contributed by atoms with E-state index in [-0.39, 0.29) is 5.75 Å². The predicted octanol–water partition coefficient (Wildman–Crippen LogP) is 1.95. The van der Waals surface area contributed by atoms with Gasteiger partial charge in [-0.05, 0) is 25.5 Å². The second-order valence-corrected chi connectivity index (χ2v) is 6.40. The van der Waals surface area contributed by atoms with Crippen molar-refractivity contribution in [1.82, 2.24) is 14.5 Å². The molecule has 0 unspecified atom stereocenters. The van der Waals surface area contributed by atoms with Crippen molar-refractivity contribution >= 4 is 27.3 Å². The molecule has 0 fully saturated rings. The summed E-state index contributed by atoms with van der Waals surface area (Å²) in [5.74, 6) is 1.51. The average Bonchev–Trinajstić information content (AvgIpc) is 2.83. The smallest absolute Gasteiger partial charge is 0.232 e. The maximum Gasteiger partial charge on any atom is 0.232 e. The van der Waals surface area contributed by atoms with E-state index in [2.05, 4.69) is 14.7 Å². The summed E-state index contributed by atoms with van der Waals surface area (Å²) in [5.41, 5.74) is 0.420. The molecule has 0 aliphatic heterocycles. The molecular weight excluding hydrogens is 300 g/mol. The molecule has 2 rings (SSSR count). The van der Waals surface area contributed by atoms with Crippen molar-refractivity contribution in [3.8, 4) is 5.82 Å². The lowest BCUT2D eigenvalue weighted by Gasteiger charge is -2.12. The number of halogens is 1. The monoisotopic (exact) mass is 314 g/mol. The Morgan fingerprint density at radius 1 is 1.35 bits per heavy atom. The predicted molar refractivity (Wildman–Crippen MR) is 78.8 cm³/mol. The van der Waals surface area contributed by atoms with Gasteiger partial charge in [-0.1, -0.05) is 0 Å². The molecule has 0 saturated carbocycles. The highest BCUT2D eigenvalue weighted by atomic mass is 35.5. The largest absolute Gasteiger partial charge is 0.286 e. The first kappa shape index (κ1) is 14.8. The summed E-state index contributed by atoms with van der Waals surface area (Å²) >= 11 is 5.53. The van der Waals surface area contributed by atoms with Gasteiger partial charge in [-0.2, -0.15) is 0 Å².